The predicted molar refractivity (Wildman–Crippen MR) is 95.9 cm³/mol. The van der Waals surface area contributed by atoms with Crippen molar-refractivity contribution in [2.75, 3.05) is 0 Å². The molecule has 0 spiro atoms. The monoisotopic (exact) mass is 389 g/mol. The summed E-state index contributed by atoms with van der Waals surface area (Å²) in [7, 11) is 0. The van der Waals surface area contributed by atoms with Crippen molar-refractivity contribution in [2.24, 2.45) is 0 Å². The van der Waals surface area contributed by atoms with Gasteiger partial charge in [0.2, 0.25) is 0 Å². The van der Waals surface area contributed by atoms with Gasteiger partial charge < -0.3 is 0 Å². The van der Waals surface area contributed by atoms with Crippen LogP contribution in [0.4, 0.5) is 13.2 Å². The number of alkyl halides is 3. The van der Waals surface area contributed by atoms with Gasteiger partial charge in [-0.1, -0.05) is 12.8 Å². The fraction of sp³-hybridized carbons (Fsp3) is 0.421. The fourth-order valence-electron chi connectivity index (χ4n) is 3.78. The lowest BCUT2D eigenvalue weighted by molar-refractivity contribution is -0.142. The molecule has 0 aliphatic heterocycles. The summed E-state index contributed by atoms with van der Waals surface area (Å²) in [4.78, 5) is 29.2. The van der Waals surface area contributed by atoms with Crippen molar-refractivity contribution in [2.45, 2.75) is 51.2 Å². The Labute approximate surface area is 158 Å². The van der Waals surface area contributed by atoms with E-state index in [1.54, 1.807) is 19.2 Å². The highest BCUT2D eigenvalue weighted by Gasteiger charge is 2.36. The van der Waals surface area contributed by atoms with Gasteiger partial charge in [-0.05, 0) is 31.7 Å². The zero-order valence-corrected chi connectivity index (χ0v) is 15.2. The molecule has 0 aromatic carbocycles. The van der Waals surface area contributed by atoms with Crippen LogP contribution in [-0.2, 0) is 12.7 Å². The first-order valence-corrected chi connectivity index (χ1v) is 9.09. The molecule has 1 aliphatic carbocycles. The van der Waals surface area contributed by atoms with Crippen molar-refractivity contribution in [3.63, 3.8) is 0 Å². The number of fused-ring (bicyclic) bond motifs is 1. The van der Waals surface area contributed by atoms with Gasteiger partial charge in [-0.3, -0.25) is 19.3 Å². The molecule has 3 heterocycles. The molecule has 0 bridgehead atoms. The third kappa shape index (κ3) is 3.36. The first-order chi connectivity index (χ1) is 13.3. The van der Waals surface area contributed by atoms with E-state index in [1.807, 2.05) is 0 Å². The Hall–Kier alpha value is -2.84. The van der Waals surface area contributed by atoms with Gasteiger partial charge in [0.05, 0.1) is 17.9 Å². The molecule has 0 radical (unpaired) electrons. The topological polar surface area (TPSA) is 73.6 Å². The lowest BCUT2D eigenvalue weighted by atomic mass is 9.98. The Kier molecular flexibility index (Phi) is 4.60. The summed E-state index contributed by atoms with van der Waals surface area (Å²) in [6, 6.07) is 1.73. The molecule has 4 rings (SSSR count). The van der Waals surface area contributed by atoms with E-state index in [2.05, 4.69) is 19.9 Å². The highest BCUT2D eigenvalue weighted by molar-refractivity contribution is 5.71. The van der Waals surface area contributed by atoms with Crippen molar-refractivity contribution in [1.82, 2.24) is 24.5 Å². The highest BCUT2D eigenvalue weighted by Crippen LogP contribution is 2.33. The van der Waals surface area contributed by atoms with Crippen LogP contribution in [-0.4, -0.2) is 24.5 Å². The van der Waals surface area contributed by atoms with Crippen molar-refractivity contribution in [3.8, 4) is 0 Å². The standard InChI is InChI=1S/C19H18F3N5O/c1-11-9-25-14-8-13(12-4-2-3-5-12)18(28)27(17(14)26-11)10-15-16(19(20,21)22)24-7-6-23-15/h6-9,12H,2-5,10H2,1H3. The van der Waals surface area contributed by atoms with E-state index in [-0.39, 0.29) is 29.4 Å². The second kappa shape index (κ2) is 6.96. The van der Waals surface area contributed by atoms with Crippen LogP contribution in [0.1, 0.15) is 54.2 Å². The quantitative estimate of drug-likeness (QED) is 0.684. The van der Waals surface area contributed by atoms with Crippen LogP contribution in [0.2, 0.25) is 0 Å². The van der Waals surface area contributed by atoms with Gasteiger partial charge >= 0.3 is 6.18 Å². The highest BCUT2D eigenvalue weighted by atomic mass is 19.4. The Balaban J connectivity index is 1.92. The number of aryl methyl sites for hydroxylation is 1. The number of aromatic nitrogens is 5. The van der Waals surface area contributed by atoms with Gasteiger partial charge in [0, 0.05) is 24.2 Å². The Bertz CT molecular complexity index is 1090. The fourth-order valence-corrected chi connectivity index (χ4v) is 3.78. The molecule has 1 saturated carbocycles. The molecule has 0 amide bonds. The van der Waals surface area contributed by atoms with Crippen LogP contribution in [0.25, 0.3) is 11.2 Å². The third-order valence-corrected chi connectivity index (χ3v) is 5.09. The lowest BCUT2D eigenvalue weighted by Crippen LogP contribution is -2.28. The van der Waals surface area contributed by atoms with Crippen molar-refractivity contribution in [3.05, 3.63) is 57.7 Å². The van der Waals surface area contributed by atoms with Gasteiger partial charge in [0.15, 0.2) is 11.3 Å². The Morgan fingerprint density at radius 2 is 1.86 bits per heavy atom. The Morgan fingerprint density at radius 1 is 1.14 bits per heavy atom. The largest absolute Gasteiger partial charge is 0.435 e. The minimum atomic E-state index is -4.66. The maximum atomic E-state index is 13.3. The number of hydrogen-bond acceptors (Lipinski definition) is 5. The molecular formula is C19H18F3N5O. The van der Waals surface area contributed by atoms with Crippen LogP contribution in [0, 0.1) is 6.92 Å². The average Bonchev–Trinajstić information content (AvgIpc) is 3.18. The number of pyridine rings is 1. The van der Waals surface area contributed by atoms with Crippen LogP contribution >= 0.6 is 0 Å². The van der Waals surface area contributed by atoms with Gasteiger partial charge in [0.1, 0.15) is 5.52 Å². The molecule has 1 aliphatic rings. The summed E-state index contributed by atoms with van der Waals surface area (Å²) in [5, 5.41) is 0. The van der Waals surface area contributed by atoms with Gasteiger partial charge in [-0.15, -0.1) is 0 Å². The van der Waals surface area contributed by atoms with Gasteiger partial charge in [-0.25, -0.2) is 9.97 Å². The van der Waals surface area contributed by atoms with Crippen LogP contribution in [0.15, 0.2) is 29.5 Å². The molecule has 0 N–H and O–H groups in total. The van der Waals surface area contributed by atoms with Crippen LogP contribution in [0.3, 0.4) is 0 Å². The number of nitrogens with zero attached hydrogens (tertiary/aromatic N) is 5. The maximum absolute atomic E-state index is 13.3. The first-order valence-electron chi connectivity index (χ1n) is 9.09. The second-order valence-electron chi connectivity index (χ2n) is 7.04. The molecule has 28 heavy (non-hydrogen) atoms. The van der Waals surface area contributed by atoms with E-state index in [9.17, 15) is 18.0 Å². The zero-order chi connectivity index (χ0) is 19.9. The van der Waals surface area contributed by atoms with Crippen molar-refractivity contribution < 1.29 is 13.2 Å². The first kappa shape index (κ1) is 18.5. The SMILES string of the molecule is Cc1cnc2cc(C3CCCC3)c(=O)n(Cc3nccnc3C(F)(F)F)c2n1. The summed E-state index contributed by atoms with van der Waals surface area (Å²) < 4.78 is 41.3. The van der Waals surface area contributed by atoms with E-state index in [0.29, 0.717) is 16.8 Å². The second-order valence-corrected chi connectivity index (χ2v) is 7.04. The summed E-state index contributed by atoms with van der Waals surface area (Å²) in [5.41, 5.74) is 0.158. The molecule has 3 aromatic rings. The van der Waals surface area contributed by atoms with Crippen molar-refractivity contribution in [1.29, 1.82) is 0 Å². The lowest BCUT2D eigenvalue weighted by Gasteiger charge is -2.16. The van der Waals surface area contributed by atoms with E-state index < -0.39 is 11.9 Å². The molecule has 0 atom stereocenters. The minimum Gasteiger partial charge on any atom is -0.285 e. The van der Waals surface area contributed by atoms with Crippen LogP contribution in [0.5, 0.6) is 0 Å². The van der Waals surface area contributed by atoms with Crippen molar-refractivity contribution >= 4 is 11.2 Å². The zero-order valence-electron chi connectivity index (χ0n) is 15.2. The van der Waals surface area contributed by atoms with E-state index in [0.717, 1.165) is 31.9 Å². The van der Waals surface area contributed by atoms with Gasteiger partial charge in [0.25, 0.3) is 5.56 Å². The van der Waals surface area contributed by atoms with E-state index >= 15 is 0 Å². The van der Waals surface area contributed by atoms with E-state index in [1.165, 1.54) is 10.8 Å². The molecule has 9 heteroatoms. The summed E-state index contributed by atoms with van der Waals surface area (Å²) in [6.45, 7) is 1.35. The summed E-state index contributed by atoms with van der Waals surface area (Å²) in [5.74, 6) is 0.0928. The minimum absolute atomic E-state index is 0.0928. The normalized spacial score (nSPS) is 15.4. The summed E-state index contributed by atoms with van der Waals surface area (Å²) >= 11 is 0. The van der Waals surface area contributed by atoms with Crippen LogP contribution < -0.4 is 5.56 Å². The smallest absolute Gasteiger partial charge is 0.285 e. The number of hydrogen-bond donors (Lipinski definition) is 0. The Morgan fingerprint density at radius 3 is 2.57 bits per heavy atom. The molecule has 1 fully saturated rings. The van der Waals surface area contributed by atoms with Gasteiger partial charge in [-0.2, -0.15) is 13.2 Å². The molecule has 3 aromatic heterocycles. The number of rotatable bonds is 3. The predicted octanol–water partition coefficient (Wildman–Crippen LogP) is 3.61. The average molecular weight is 389 g/mol. The molecule has 0 saturated heterocycles. The number of halogens is 3. The molecular weight excluding hydrogens is 371 g/mol. The maximum Gasteiger partial charge on any atom is 0.435 e. The van der Waals surface area contributed by atoms with E-state index in [4.69, 9.17) is 0 Å². The third-order valence-electron chi connectivity index (χ3n) is 5.09. The summed E-state index contributed by atoms with van der Waals surface area (Å²) in [6.07, 6.45) is 2.94. The molecule has 146 valence electrons. The molecule has 0 unspecified atom stereocenters. The molecule has 6 nitrogen and oxygen atoms in total.